The number of aromatic nitrogens is 1. The number of carbonyl (C=O) groups excluding carboxylic acids is 4. The number of amides is 3. The van der Waals surface area contributed by atoms with E-state index in [1.165, 1.54) is 12.0 Å². The van der Waals surface area contributed by atoms with Crippen LogP contribution in [0.25, 0.3) is 11.3 Å². The second kappa shape index (κ2) is 6.91. The van der Waals surface area contributed by atoms with E-state index in [9.17, 15) is 19.2 Å². The molecule has 2 aromatic rings. The molecule has 4 rings (SSSR count). The number of esters is 1. The second-order valence-corrected chi connectivity index (χ2v) is 6.70. The number of rotatable bonds is 4. The van der Waals surface area contributed by atoms with Crippen LogP contribution in [-0.2, 0) is 32.1 Å². The van der Waals surface area contributed by atoms with Gasteiger partial charge in [0.05, 0.1) is 7.11 Å². The average molecular weight is 383 g/mol. The Bertz CT molecular complexity index is 995. The van der Waals surface area contributed by atoms with Gasteiger partial charge < -0.3 is 14.2 Å². The SMILES string of the molecule is COC(=O)Cc1cc(-c2ccc3c(c2)CN(C2CCC(=O)NC2=O)C3=O)no1. The average Bonchev–Trinajstić information content (AvgIpc) is 3.26. The minimum Gasteiger partial charge on any atom is -0.469 e. The van der Waals surface area contributed by atoms with Crippen molar-refractivity contribution in [2.24, 2.45) is 0 Å². The zero-order valence-corrected chi connectivity index (χ0v) is 15.1. The number of methoxy groups -OCH3 is 1. The van der Waals surface area contributed by atoms with Crippen LogP contribution in [-0.4, -0.2) is 46.9 Å². The van der Waals surface area contributed by atoms with Gasteiger partial charge in [0.25, 0.3) is 5.91 Å². The highest BCUT2D eigenvalue weighted by Crippen LogP contribution is 2.31. The van der Waals surface area contributed by atoms with E-state index in [1.54, 1.807) is 18.2 Å². The second-order valence-electron chi connectivity index (χ2n) is 6.70. The van der Waals surface area contributed by atoms with Gasteiger partial charge in [-0.15, -0.1) is 0 Å². The van der Waals surface area contributed by atoms with E-state index in [4.69, 9.17) is 4.52 Å². The molecular formula is C19H17N3O6. The first kappa shape index (κ1) is 17.9. The van der Waals surface area contributed by atoms with Crippen LogP contribution >= 0.6 is 0 Å². The van der Waals surface area contributed by atoms with E-state index >= 15 is 0 Å². The Balaban J connectivity index is 1.55. The number of benzene rings is 1. The van der Waals surface area contributed by atoms with Crippen molar-refractivity contribution in [2.75, 3.05) is 7.11 Å². The minimum absolute atomic E-state index is 0.0176. The molecule has 1 aromatic carbocycles. The van der Waals surface area contributed by atoms with E-state index in [2.05, 4.69) is 15.2 Å². The summed E-state index contributed by atoms with van der Waals surface area (Å²) in [7, 11) is 1.30. The van der Waals surface area contributed by atoms with Crippen molar-refractivity contribution >= 4 is 23.7 Å². The topological polar surface area (TPSA) is 119 Å². The number of piperidine rings is 1. The molecule has 0 saturated carbocycles. The molecule has 1 unspecified atom stereocenters. The molecule has 2 aliphatic heterocycles. The lowest BCUT2D eigenvalue weighted by Gasteiger charge is -2.29. The third-order valence-corrected chi connectivity index (χ3v) is 4.92. The lowest BCUT2D eigenvalue weighted by molar-refractivity contribution is -0.140. The van der Waals surface area contributed by atoms with Gasteiger partial charge in [0.15, 0.2) is 0 Å². The molecule has 1 saturated heterocycles. The number of nitrogens with zero attached hydrogens (tertiary/aromatic N) is 2. The summed E-state index contributed by atoms with van der Waals surface area (Å²) in [5.74, 6) is -1.05. The first-order chi connectivity index (χ1) is 13.5. The number of nitrogens with one attached hydrogen (secondary N) is 1. The van der Waals surface area contributed by atoms with Gasteiger partial charge in [-0.25, -0.2) is 0 Å². The predicted molar refractivity (Wildman–Crippen MR) is 93.7 cm³/mol. The van der Waals surface area contributed by atoms with Gasteiger partial charge in [0, 0.05) is 30.2 Å². The smallest absolute Gasteiger partial charge is 0.313 e. The zero-order valence-electron chi connectivity index (χ0n) is 15.1. The summed E-state index contributed by atoms with van der Waals surface area (Å²) in [5, 5.41) is 6.25. The summed E-state index contributed by atoms with van der Waals surface area (Å²) in [4.78, 5) is 49.0. The van der Waals surface area contributed by atoms with Gasteiger partial charge in [0.2, 0.25) is 11.8 Å². The van der Waals surface area contributed by atoms with Crippen molar-refractivity contribution in [2.45, 2.75) is 31.8 Å². The fourth-order valence-electron chi connectivity index (χ4n) is 3.48. The quantitative estimate of drug-likeness (QED) is 0.613. The van der Waals surface area contributed by atoms with Crippen molar-refractivity contribution in [3.05, 3.63) is 41.2 Å². The monoisotopic (exact) mass is 383 g/mol. The third-order valence-electron chi connectivity index (χ3n) is 4.92. The molecule has 0 radical (unpaired) electrons. The normalized spacial score (nSPS) is 18.8. The van der Waals surface area contributed by atoms with Crippen LogP contribution in [0.3, 0.4) is 0 Å². The lowest BCUT2D eigenvalue weighted by Crippen LogP contribution is -2.52. The Hall–Kier alpha value is -3.49. The number of carbonyl (C=O) groups is 4. The van der Waals surface area contributed by atoms with Crippen molar-refractivity contribution in [3.8, 4) is 11.3 Å². The van der Waals surface area contributed by atoms with Crippen LogP contribution in [0.2, 0.25) is 0 Å². The Morgan fingerprint density at radius 1 is 1.32 bits per heavy atom. The van der Waals surface area contributed by atoms with E-state index in [0.717, 1.165) is 11.1 Å². The largest absolute Gasteiger partial charge is 0.469 e. The third kappa shape index (κ3) is 3.15. The van der Waals surface area contributed by atoms with Crippen molar-refractivity contribution < 1.29 is 28.4 Å². The molecule has 28 heavy (non-hydrogen) atoms. The number of hydrogen-bond acceptors (Lipinski definition) is 7. The summed E-state index contributed by atoms with van der Waals surface area (Å²) in [6, 6.07) is 6.24. The van der Waals surface area contributed by atoms with Gasteiger partial charge in [-0.05, 0) is 24.1 Å². The van der Waals surface area contributed by atoms with Crippen LogP contribution in [0.15, 0.2) is 28.8 Å². The molecule has 0 aliphatic carbocycles. The summed E-state index contributed by atoms with van der Waals surface area (Å²) in [6.07, 6.45) is 0.511. The zero-order chi connectivity index (χ0) is 19.8. The van der Waals surface area contributed by atoms with E-state index < -0.39 is 17.9 Å². The Morgan fingerprint density at radius 2 is 2.14 bits per heavy atom. The molecule has 9 heteroatoms. The lowest BCUT2D eigenvalue weighted by atomic mass is 10.0. The van der Waals surface area contributed by atoms with Gasteiger partial charge in [-0.2, -0.15) is 0 Å². The number of ether oxygens (including phenoxy) is 1. The first-order valence-corrected chi connectivity index (χ1v) is 8.76. The highest BCUT2D eigenvalue weighted by molar-refractivity contribution is 6.05. The van der Waals surface area contributed by atoms with E-state index in [1.807, 2.05) is 6.07 Å². The predicted octanol–water partition coefficient (Wildman–Crippen LogP) is 0.818. The molecule has 1 fully saturated rings. The van der Waals surface area contributed by atoms with E-state index in [-0.39, 0.29) is 31.2 Å². The summed E-state index contributed by atoms with van der Waals surface area (Å²) in [6.45, 7) is 0.279. The molecule has 3 amide bonds. The van der Waals surface area contributed by atoms with Crippen molar-refractivity contribution in [3.63, 3.8) is 0 Å². The highest BCUT2D eigenvalue weighted by atomic mass is 16.5. The molecule has 1 atom stereocenters. The maximum Gasteiger partial charge on any atom is 0.313 e. The Morgan fingerprint density at radius 3 is 2.89 bits per heavy atom. The number of hydrogen-bond donors (Lipinski definition) is 1. The molecule has 144 valence electrons. The fraction of sp³-hybridized carbons (Fsp3) is 0.316. The molecule has 0 bridgehead atoms. The van der Waals surface area contributed by atoms with Gasteiger partial charge >= 0.3 is 5.97 Å². The number of imide groups is 1. The Labute approximate surface area is 159 Å². The molecular weight excluding hydrogens is 366 g/mol. The standard InChI is InChI=1S/C19H17N3O6/c1-27-17(24)8-12-7-14(21-28-12)10-2-3-13-11(6-10)9-22(19(13)26)15-4-5-16(23)20-18(15)25/h2-3,6-7,15H,4-5,8-9H2,1H3,(H,20,23,25). The molecule has 1 aromatic heterocycles. The summed E-state index contributed by atoms with van der Waals surface area (Å²) < 4.78 is 9.76. The van der Waals surface area contributed by atoms with Crippen molar-refractivity contribution in [1.82, 2.24) is 15.4 Å². The van der Waals surface area contributed by atoms with E-state index in [0.29, 0.717) is 23.4 Å². The van der Waals surface area contributed by atoms with Crippen molar-refractivity contribution in [1.29, 1.82) is 0 Å². The molecule has 1 N–H and O–H groups in total. The first-order valence-electron chi connectivity index (χ1n) is 8.76. The summed E-state index contributed by atoms with van der Waals surface area (Å²) in [5.41, 5.74) is 2.56. The maximum atomic E-state index is 12.7. The fourth-order valence-corrected chi connectivity index (χ4v) is 3.48. The van der Waals surface area contributed by atoms with Crippen LogP contribution in [0, 0.1) is 0 Å². The van der Waals surface area contributed by atoms with Crippen LogP contribution in [0.4, 0.5) is 0 Å². The Kier molecular flexibility index (Phi) is 4.42. The summed E-state index contributed by atoms with van der Waals surface area (Å²) >= 11 is 0. The van der Waals surface area contributed by atoms with Gasteiger partial charge in [-0.1, -0.05) is 11.2 Å². The molecule has 9 nitrogen and oxygen atoms in total. The molecule has 2 aliphatic rings. The van der Waals surface area contributed by atoms with Gasteiger partial charge in [-0.3, -0.25) is 24.5 Å². The van der Waals surface area contributed by atoms with Gasteiger partial charge in [0.1, 0.15) is 23.9 Å². The van der Waals surface area contributed by atoms with Crippen LogP contribution in [0.5, 0.6) is 0 Å². The molecule has 3 heterocycles. The minimum atomic E-state index is -0.653. The van der Waals surface area contributed by atoms with Crippen LogP contribution < -0.4 is 5.32 Å². The molecule has 0 spiro atoms. The number of fused-ring (bicyclic) bond motifs is 1. The highest BCUT2D eigenvalue weighted by Gasteiger charge is 2.39. The maximum absolute atomic E-state index is 12.7. The van der Waals surface area contributed by atoms with Crippen LogP contribution in [0.1, 0.15) is 34.5 Å².